The lowest BCUT2D eigenvalue weighted by molar-refractivity contribution is -0.862. The second-order valence-electron chi connectivity index (χ2n) is 7.26. The Morgan fingerprint density at radius 1 is 0.900 bits per heavy atom. The normalized spacial score (nSPS) is 12.4. The Bertz CT molecular complexity index is 851. The predicted molar refractivity (Wildman–Crippen MR) is 108 cm³/mol. The van der Waals surface area contributed by atoms with Gasteiger partial charge < -0.3 is 20.3 Å². The van der Waals surface area contributed by atoms with E-state index in [4.69, 9.17) is 0 Å². The molecule has 0 saturated heterocycles. The Kier molecular flexibility index (Phi) is 7.82. The van der Waals surface area contributed by atoms with Crippen molar-refractivity contribution in [1.82, 2.24) is 0 Å². The first kappa shape index (κ1) is 23.2. The maximum absolute atomic E-state index is 12.2. The van der Waals surface area contributed by atoms with Crippen LogP contribution in [0.3, 0.4) is 0 Å². The van der Waals surface area contributed by atoms with Crippen LogP contribution in [0.15, 0.2) is 48.5 Å². The number of anilines is 2. The van der Waals surface area contributed by atoms with Gasteiger partial charge in [0.25, 0.3) is 11.8 Å². The van der Waals surface area contributed by atoms with Gasteiger partial charge in [0.15, 0.2) is 13.1 Å². The number of rotatable bonds is 8. The molecule has 3 N–H and O–H groups in total. The highest BCUT2D eigenvalue weighted by Gasteiger charge is 2.31. The molecule has 0 aliphatic heterocycles. The number of nitrogens with one attached hydrogen (secondary N) is 3. The molecule has 0 saturated carbocycles. The van der Waals surface area contributed by atoms with E-state index in [2.05, 4.69) is 29.2 Å². The van der Waals surface area contributed by atoms with E-state index in [1.165, 1.54) is 17.7 Å². The van der Waals surface area contributed by atoms with Crippen molar-refractivity contribution < 1.29 is 32.4 Å². The fraction of sp³-hybridized carbons (Fsp3) is 0.333. The van der Waals surface area contributed by atoms with Crippen LogP contribution in [0.25, 0.3) is 0 Å². The molecule has 0 radical (unpaired) electrons. The third-order valence-electron chi connectivity index (χ3n) is 4.16. The first-order chi connectivity index (χ1) is 14.0. The number of hydrogen-bond donors (Lipinski definition) is 3. The topological polar surface area (TPSA) is 71.9 Å². The van der Waals surface area contributed by atoms with Gasteiger partial charge in [0.05, 0.1) is 7.05 Å². The van der Waals surface area contributed by atoms with Crippen molar-refractivity contribution >= 4 is 23.2 Å². The lowest BCUT2D eigenvalue weighted by Gasteiger charge is -2.14. The van der Waals surface area contributed by atoms with Gasteiger partial charge in [-0.15, -0.1) is 13.2 Å². The van der Waals surface area contributed by atoms with Crippen LogP contribution in [0.1, 0.15) is 25.3 Å². The SMILES string of the molecule is CC(C)c1ccc(NC(=O)C[NH+](C)CC(=O)Nc2ccc(OC(F)(F)F)cc2)cc1. The van der Waals surface area contributed by atoms with Crippen molar-refractivity contribution in [1.29, 1.82) is 0 Å². The molecular formula is C21H25F3N3O3+. The number of amides is 2. The van der Waals surface area contributed by atoms with Gasteiger partial charge in [-0.05, 0) is 47.9 Å². The highest BCUT2D eigenvalue weighted by Crippen LogP contribution is 2.23. The van der Waals surface area contributed by atoms with Gasteiger partial charge in [-0.25, -0.2) is 0 Å². The summed E-state index contributed by atoms with van der Waals surface area (Å²) in [5.41, 5.74) is 2.19. The Morgan fingerprint density at radius 2 is 1.33 bits per heavy atom. The van der Waals surface area contributed by atoms with Crippen LogP contribution in [0.4, 0.5) is 24.5 Å². The van der Waals surface area contributed by atoms with E-state index in [9.17, 15) is 22.8 Å². The molecule has 162 valence electrons. The molecule has 1 atom stereocenters. The van der Waals surface area contributed by atoms with Gasteiger partial charge in [-0.3, -0.25) is 9.59 Å². The zero-order valence-electron chi connectivity index (χ0n) is 17.0. The summed E-state index contributed by atoms with van der Waals surface area (Å²) in [6, 6.07) is 12.4. The van der Waals surface area contributed by atoms with Crippen LogP contribution < -0.4 is 20.3 Å². The van der Waals surface area contributed by atoms with E-state index in [1.807, 2.05) is 24.3 Å². The van der Waals surface area contributed by atoms with Gasteiger partial charge in [-0.2, -0.15) is 0 Å². The molecular weight excluding hydrogens is 399 g/mol. The summed E-state index contributed by atoms with van der Waals surface area (Å²) < 4.78 is 40.3. The van der Waals surface area contributed by atoms with Gasteiger partial charge in [-0.1, -0.05) is 26.0 Å². The molecule has 2 rings (SSSR count). The van der Waals surface area contributed by atoms with Crippen LogP contribution in [-0.4, -0.2) is 38.3 Å². The van der Waals surface area contributed by atoms with Crippen LogP contribution in [0.2, 0.25) is 0 Å². The van der Waals surface area contributed by atoms with Crippen LogP contribution >= 0.6 is 0 Å². The Balaban J connectivity index is 1.78. The second-order valence-corrected chi connectivity index (χ2v) is 7.26. The number of carbonyl (C=O) groups is 2. The minimum atomic E-state index is -4.77. The Hall–Kier alpha value is -3.07. The van der Waals surface area contributed by atoms with Gasteiger partial charge in [0.2, 0.25) is 0 Å². The van der Waals surface area contributed by atoms with Crippen LogP contribution in [0.5, 0.6) is 5.75 Å². The summed E-state index contributed by atoms with van der Waals surface area (Å²) >= 11 is 0. The smallest absolute Gasteiger partial charge is 0.406 e. The molecule has 0 aliphatic rings. The number of halogens is 3. The molecule has 0 fully saturated rings. The number of carbonyl (C=O) groups excluding carboxylic acids is 2. The third-order valence-corrected chi connectivity index (χ3v) is 4.16. The van der Waals surface area contributed by atoms with E-state index < -0.39 is 6.36 Å². The van der Waals surface area contributed by atoms with Crippen molar-refractivity contribution in [2.45, 2.75) is 26.1 Å². The number of likely N-dealkylation sites (N-methyl/N-ethyl adjacent to an activating group) is 1. The number of hydrogen-bond acceptors (Lipinski definition) is 3. The quantitative estimate of drug-likeness (QED) is 0.610. The fourth-order valence-electron chi connectivity index (χ4n) is 2.71. The molecule has 0 spiro atoms. The first-order valence-corrected chi connectivity index (χ1v) is 9.38. The lowest BCUT2D eigenvalue weighted by Crippen LogP contribution is -3.11. The predicted octanol–water partition coefficient (Wildman–Crippen LogP) is 2.80. The van der Waals surface area contributed by atoms with E-state index in [1.54, 1.807) is 7.05 Å². The molecule has 0 bridgehead atoms. The van der Waals surface area contributed by atoms with Crippen molar-refractivity contribution in [3.05, 3.63) is 54.1 Å². The molecule has 2 aromatic carbocycles. The van der Waals surface area contributed by atoms with Crippen molar-refractivity contribution in [2.75, 3.05) is 30.8 Å². The average molecular weight is 424 g/mol. The summed E-state index contributed by atoms with van der Waals surface area (Å²) in [6.45, 7) is 4.27. The minimum Gasteiger partial charge on any atom is -0.406 e. The summed E-state index contributed by atoms with van der Waals surface area (Å²) in [7, 11) is 1.70. The first-order valence-electron chi connectivity index (χ1n) is 9.38. The van der Waals surface area contributed by atoms with Gasteiger partial charge in [0.1, 0.15) is 5.75 Å². The number of benzene rings is 2. The Morgan fingerprint density at radius 3 is 1.73 bits per heavy atom. The van der Waals surface area contributed by atoms with Crippen molar-refractivity contribution in [3.63, 3.8) is 0 Å². The number of ether oxygens (including phenoxy) is 1. The zero-order chi connectivity index (χ0) is 22.3. The molecule has 6 nitrogen and oxygen atoms in total. The largest absolute Gasteiger partial charge is 0.573 e. The van der Waals surface area contributed by atoms with E-state index >= 15 is 0 Å². The number of alkyl halides is 3. The van der Waals surface area contributed by atoms with Crippen molar-refractivity contribution in [3.8, 4) is 5.75 Å². The van der Waals surface area contributed by atoms with E-state index in [-0.39, 0.29) is 30.7 Å². The van der Waals surface area contributed by atoms with Crippen LogP contribution in [0, 0.1) is 0 Å². The molecule has 0 heterocycles. The average Bonchev–Trinajstić information content (AvgIpc) is 2.62. The highest BCUT2D eigenvalue weighted by molar-refractivity contribution is 5.93. The molecule has 0 aliphatic carbocycles. The molecule has 30 heavy (non-hydrogen) atoms. The summed E-state index contributed by atoms with van der Waals surface area (Å²) in [4.78, 5) is 24.9. The third kappa shape index (κ3) is 8.12. The molecule has 0 aromatic heterocycles. The van der Waals surface area contributed by atoms with Gasteiger partial charge in [0, 0.05) is 11.4 Å². The summed E-state index contributed by atoms with van der Waals surface area (Å²) in [5, 5.41) is 5.36. The summed E-state index contributed by atoms with van der Waals surface area (Å²) in [5.74, 6) is -0.573. The zero-order valence-corrected chi connectivity index (χ0v) is 17.0. The molecule has 2 aromatic rings. The summed E-state index contributed by atoms with van der Waals surface area (Å²) in [6.07, 6.45) is -4.77. The fourth-order valence-corrected chi connectivity index (χ4v) is 2.71. The molecule has 1 unspecified atom stereocenters. The number of quaternary nitrogens is 1. The van der Waals surface area contributed by atoms with Crippen LogP contribution in [-0.2, 0) is 9.59 Å². The molecule has 9 heteroatoms. The molecule has 2 amide bonds. The van der Waals surface area contributed by atoms with E-state index in [0.717, 1.165) is 12.1 Å². The minimum absolute atomic E-state index is 0.0144. The lowest BCUT2D eigenvalue weighted by atomic mass is 10.0. The maximum atomic E-state index is 12.2. The standard InChI is InChI=1S/C21H24F3N3O3/c1-14(2)15-4-6-16(7-5-15)25-19(28)12-27(3)13-20(29)26-17-8-10-18(11-9-17)30-21(22,23)24/h4-11,14H,12-13H2,1-3H3,(H,25,28)(H,26,29)/p+1. The second kappa shape index (κ2) is 10.1. The highest BCUT2D eigenvalue weighted by atomic mass is 19.4. The van der Waals surface area contributed by atoms with E-state index in [0.29, 0.717) is 22.2 Å². The van der Waals surface area contributed by atoms with Gasteiger partial charge >= 0.3 is 6.36 Å². The Labute approximate surface area is 173 Å². The maximum Gasteiger partial charge on any atom is 0.573 e. The monoisotopic (exact) mass is 424 g/mol. The van der Waals surface area contributed by atoms with Crippen molar-refractivity contribution in [2.24, 2.45) is 0 Å².